The second-order valence-corrected chi connectivity index (χ2v) is 20.2. The highest BCUT2D eigenvalue weighted by Gasteiger charge is 2.31. The van der Waals surface area contributed by atoms with E-state index in [-0.39, 0.29) is 84.9 Å². The van der Waals surface area contributed by atoms with Crippen molar-refractivity contribution in [2.24, 2.45) is 0 Å². The van der Waals surface area contributed by atoms with Crippen LogP contribution in [0.25, 0.3) is 0 Å². The molecular formula is C58H64N4O8. The first kappa shape index (κ1) is 50.5. The summed E-state index contributed by atoms with van der Waals surface area (Å²) in [5, 5.41) is 11.4. The molecule has 3 aliphatic rings. The van der Waals surface area contributed by atoms with E-state index in [9.17, 15) is 28.8 Å². The molecule has 4 N–H and O–H groups in total. The van der Waals surface area contributed by atoms with Gasteiger partial charge >= 0.3 is 12.1 Å². The number of fused-ring (bicyclic) bond motifs is 8. The molecule has 0 aromatic heterocycles. The Morgan fingerprint density at radius 1 is 0.471 bits per heavy atom. The van der Waals surface area contributed by atoms with Gasteiger partial charge in [0, 0.05) is 72.4 Å². The average molecular weight is 945 g/mol. The molecule has 70 heavy (non-hydrogen) atoms. The predicted octanol–water partition coefficient (Wildman–Crippen LogP) is 10.1. The van der Waals surface area contributed by atoms with Crippen molar-refractivity contribution in [1.82, 2.24) is 10.6 Å². The van der Waals surface area contributed by atoms with Crippen LogP contribution >= 0.6 is 0 Å². The lowest BCUT2D eigenvalue weighted by atomic mass is 9.79. The lowest BCUT2D eigenvalue weighted by Gasteiger charge is -2.27. The number of unbranched alkanes of at least 4 members (excludes halogenated alkanes) is 2. The summed E-state index contributed by atoms with van der Waals surface area (Å²) < 4.78 is 13.3. The zero-order valence-corrected chi connectivity index (χ0v) is 41.1. The Morgan fingerprint density at radius 3 is 1.09 bits per heavy atom. The smallest absolute Gasteiger partial charge is 0.319 e. The molecule has 0 spiro atoms. The zero-order valence-electron chi connectivity index (χ0n) is 41.1. The largest absolute Gasteiger partial charge is 0.493 e. The highest BCUT2D eigenvalue weighted by atomic mass is 16.5. The molecule has 4 aromatic rings. The number of ketones is 4. The van der Waals surface area contributed by atoms with E-state index >= 15 is 0 Å². The SMILES string of the molecule is CC(C)(C)c1cc2c(OCCCCNC(=O)Nc3ccccc3)c(c1)CC1=CC(=O)C=C(Cc3cc(C(C)(C)C)cc(c3OCCCCNC(=O)Nc3ccccc3)CC3=CC(=O)C=C(C2)C3=O)C1=O. The van der Waals surface area contributed by atoms with E-state index in [1.54, 1.807) is 0 Å². The minimum Gasteiger partial charge on any atom is -0.493 e. The number of rotatable bonds is 14. The van der Waals surface area contributed by atoms with Crippen LogP contribution in [0.3, 0.4) is 0 Å². The third-order valence-electron chi connectivity index (χ3n) is 12.4. The van der Waals surface area contributed by atoms with Crippen LogP contribution in [0.5, 0.6) is 11.5 Å². The Bertz CT molecular complexity index is 2500. The van der Waals surface area contributed by atoms with Crippen LogP contribution in [0.2, 0.25) is 0 Å². The summed E-state index contributed by atoms with van der Waals surface area (Å²) in [7, 11) is 0. The van der Waals surface area contributed by atoms with Gasteiger partial charge in [-0.2, -0.15) is 0 Å². The van der Waals surface area contributed by atoms with E-state index in [2.05, 4.69) is 62.8 Å². The van der Waals surface area contributed by atoms with E-state index in [4.69, 9.17) is 9.47 Å². The van der Waals surface area contributed by atoms with Gasteiger partial charge in [0.05, 0.1) is 13.2 Å². The fourth-order valence-corrected chi connectivity index (χ4v) is 8.66. The van der Waals surface area contributed by atoms with Crippen LogP contribution < -0.4 is 30.7 Å². The van der Waals surface area contributed by atoms with Gasteiger partial charge in [-0.1, -0.05) is 102 Å². The number of hydrogen-bond acceptors (Lipinski definition) is 8. The van der Waals surface area contributed by atoms with Crippen molar-refractivity contribution in [3.8, 4) is 11.5 Å². The molecule has 8 bridgehead atoms. The standard InChI is InChI=1S/C58H64N4O8/c1-57(2,3)45-29-41-25-37-33-49(63)35-39(51(37)65)27-43-31-46(58(4,5)6)32-44(54(43)70-24-16-14-22-60-56(68)62-48-19-11-8-12-20-48)28-40-36-50(64)34-38(52(40)66)26-42(30-45)53(41)69-23-15-13-21-59-55(67)61-47-17-9-7-10-18-47/h7-12,17-20,29-36H,13-16,21-28H2,1-6H3,(H2,59,61,67)(H2,60,62,68). The van der Waals surface area contributed by atoms with Gasteiger partial charge in [0.1, 0.15) is 11.5 Å². The maximum absolute atomic E-state index is 14.7. The van der Waals surface area contributed by atoms with Crippen molar-refractivity contribution >= 4 is 46.6 Å². The van der Waals surface area contributed by atoms with Crippen LogP contribution in [0, 0.1) is 0 Å². The first-order valence-electron chi connectivity index (χ1n) is 24.2. The first-order valence-corrected chi connectivity index (χ1v) is 24.2. The van der Waals surface area contributed by atoms with Crippen molar-refractivity contribution in [2.45, 2.75) is 104 Å². The van der Waals surface area contributed by atoms with Gasteiger partial charge in [-0.05, 0) is 118 Å². The van der Waals surface area contributed by atoms with Gasteiger partial charge in [-0.15, -0.1) is 0 Å². The number of anilines is 2. The molecule has 7 rings (SSSR count). The predicted molar refractivity (Wildman–Crippen MR) is 274 cm³/mol. The second kappa shape index (κ2) is 22.4. The van der Waals surface area contributed by atoms with Crippen molar-refractivity contribution in [2.75, 3.05) is 36.9 Å². The third kappa shape index (κ3) is 13.5. The number of benzene rings is 4. The number of hydrogen-bond donors (Lipinski definition) is 4. The van der Waals surface area contributed by atoms with E-state index in [1.165, 1.54) is 24.3 Å². The Labute approximate surface area is 411 Å². The molecule has 0 radical (unpaired) electrons. The normalized spacial score (nSPS) is 14.9. The van der Waals surface area contributed by atoms with Crippen LogP contribution in [0.4, 0.5) is 21.0 Å². The van der Waals surface area contributed by atoms with Crippen LogP contribution in [0.15, 0.2) is 132 Å². The lowest BCUT2D eigenvalue weighted by Crippen LogP contribution is -2.29. The van der Waals surface area contributed by atoms with Crippen molar-refractivity contribution in [1.29, 1.82) is 0 Å². The monoisotopic (exact) mass is 944 g/mol. The second-order valence-electron chi connectivity index (χ2n) is 20.2. The Kier molecular flexibility index (Phi) is 16.2. The van der Waals surface area contributed by atoms with E-state index < -0.39 is 0 Å². The molecule has 12 heteroatoms. The maximum Gasteiger partial charge on any atom is 0.319 e. The number of urea groups is 2. The van der Waals surface area contributed by atoms with E-state index in [1.807, 2.05) is 84.9 Å². The molecule has 0 fully saturated rings. The number of carbonyl (C=O) groups excluding carboxylic acids is 6. The minimum absolute atomic E-state index is 0.0838. The quantitative estimate of drug-likeness (QED) is 0.0716. The fraction of sp³-hybridized carbons (Fsp3) is 0.345. The Balaban J connectivity index is 1.18. The van der Waals surface area contributed by atoms with Gasteiger partial charge in [0.2, 0.25) is 0 Å². The summed E-state index contributed by atoms with van der Waals surface area (Å²) in [4.78, 5) is 81.8. The number of para-hydroxylation sites is 2. The van der Waals surface area contributed by atoms with Crippen molar-refractivity contribution in [3.05, 3.63) is 165 Å². The van der Waals surface area contributed by atoms with E-state index in [0.29, 0.717) is 106 Å². The van der Waals surface area contributed by atoms with Gasteiger partial charge in [-0.3, -0.25) is 19.2 Å². The Morgan fingerprint density at radius 2 is 0.786 bits per heavy atom. The number of allylic oxidation sites excluding steroid dienone is 8. The molecule has 364 valence electrons. The van der Waals surface area contributed by atoms with Crippen molar-refractivity contribution in [3.63, 3.8) is 0 Å². The lowest BCUT2D eigenvalue weighted by molar-refractivity contribution is -0.115. The van der Waals surface area contributed by atoms with Crippen molar-refractivity contribution < 1.29 is 38.2 Å². The summed E-state index contributed by atoms with van der Waals surface area (Å²) >= 11 is 0. The number of amides is 4. The molecule has 3 aliphatic carbocycles. The number of carbonyl (C=O) groups is 6. The molecule has 4 aromatic carbocycles. The molecule has 0 unspecified atom stereocenters. The van der Waals surface area contributed by atoms with Gasteiger partial charge < -0.3 is 30.7 Å². The van der Waals surface area contributed by atoms with Gasteiger partial charge in [-0.25, -0.2) is 9.59 Å². The van der Waals surface area contributed by atoms with Gasteiger partial charge in [0.25, 0.3) is 0 Å². The highest BCUT2D eigenvalue weighted by molar-refractivity contribution is 6.21. The first-order chi connectivity index (χ1) is 33.4. The Hall–Kier alpha value is -7.34. The molecule has 4 amide bonds. The molecule has 0 saturated heterocycles. The van der Waals surface area contributed by atoms with E-state index in [0.717, 1.165) is 11.1 Å². The maximum atomic E-state index is 14.7. The fourth-order valence-electron chi connectivity index (χ4n) is 8.66. The molecule has 0 atom stereocenters. The third-order valence-corrected chi connectivity index (χ3v) is 12.4. The zero-order chi connectivity index (χ0) is 50.0. The minimum atomic E-state index is -0.357. The molecule has 0 aliphatic heterocycles. The number of Topliss-reactive ketones (excluding diaryl/α,β-unsaturated/α-hetero) is 2. The summed E-state index contributed by atoms with van der Waals surface area (Å²) in [5.41, 5.74) is 6.54. The molecule has 0 saturated carbocycles. The number of ether oxygens (including phenoxy) is 2. The topological polar surface area (TPSA) is 169 Å². The number of nitrogens with one attached hydrogen (secondary N) is 4. The highest BCUT2D eigenvalue weighted by Crippen LogP contribution is 2.40. The van der Waals surface area contributed by atoms with Crippen LogP contribution in [-0.2, 0) is 55.7 Å². The summed E-state index contributed by atoms with van der Waals surface area (Å²) in [6.45, 7) is 13.8. The summed E-state index contributed by atoms with van der Waals surface area (Å²) in [5.74, 6) is -0.110. The van der Waals surface area contributed by atoms with Crippen LogP contribution in [0.1, 0.15) is 101 Å². The average Bonchev–Trinajstić information content (AvgIpc) is 3.29. The molecular weight excluding hydrogens is 881 g/mol. The van der Waals surface area contributed by atoms with Crippen LogP contribution in [-0.4, -0.2) is 61.5 Å². The summed E-state index contributed by atoms with van der Waals surface area (Å²) in [6, 6.07) is 25.8. The molecule has 12 nitrogen and oxygen atoms in total. The van der Waals surface area contributed by atoms with Gasteiger partial charge in [0.15, 0.2) is 23.1 Å². The summed E-state index contributed by atoms with van der Waals surface area (Å²) in [6.07, 6.45) is 8.32. The molecule has 0 heterocycles.